The van der Waals surface area contributed by atoms with E-state index in [-0.39, 0.29) is 10.8 Å². The average Bonchev–Trinajstić information content (AvgIpc) is 2.86. The largest absolute Gasteiger partial charge is 0.457 e. The Morgan fingerprint density at radius 1 is 0.622 bits per heavy atom. The molecule has 0 radical (unpaired) electrons. The maximum Gasteiger partial charge on any atom is 0.199 e. The predicted molar refractivity (Wildman–Crippen MR) is 159 cm³/mol. The lowest BCUT2D eigenvalue weighted by Crippen LogP contribution is -2.11. The molecule has 0 N–H and O–H groups in total. The Labute approximate surface area is 223 Å². The number of hydrogen-bond donors (Lipinski definition) is 0. The van der Waals surface area contributed by atoms with Crippen LogP contribution < -0.4 is 0 Å². The van der Waals surface area contributed by atoms with Crippen molar-refractivity contribution in [3.63, 3.8) is 0 Å². The smallest absolute Gasteiger partial charge is 0.199 e. The van der Waals surface area contributed by atoms with Crippen molar-refractivity contribution in [3.8, 4) is 0 Å². The molecule has 0 bridgehead atoms. The van der Waals surface area contributed by atoms with Crippen LogP contribution in [0.3, 0.4) is 0 Å². The summed E-state index contributed by atoms with van der Waals surface area (Å²) < 4.78 is 8.52. The molecule has 0 atom stereocenters. The van der Waals surface area contributed by atoms with Gasteiger partial charge in [-0.25, -0.2) is 4.58 Å². The van der Waals surface area contributed by atoms with E-state index in [0.717, 1.165) is 28.2 Å². The Morgan fingerprint density at radius 3 is 1.62 bits per heavy atom. The third-order valence-corrected chi connectivity index (χ3v) is 6.78. The minimum atomic E-state index is 0.113. The highest BCUT2D eigenvalue weighted by Crippen LogP contribution is 2.34. The summed E-state index contributed by atoms with van der Waals surface area (Å²) in [6.45, 7) is 13.5. The van der Waals surface area contributed by atoms with Crippen LogP contribution in [0, 0.1) is 0 Å². The Kier molecular flexibility index (Phi) is 7.41. The van der Waals surface area contributed by atoms with Crippen LogP contribution >= 0.6 is 0 Å². The molecule has 0 saturated heterocycles. The van der Waals surface area contributed by atoms with Crippen molar-refractivity contribution < 1.29 is 9.31 Å². The van der Waals surface area contributed by atoms with E-state index in [1.165, 1.54) is 22.4 Å². The van der Waals surface area contributed by atoms with Gasteiger partial charge in [-0.15, -0.1) is 0 Å². The molecule has 2 nitrogen and oxygen atoms in total. The molecule has 2 heteroatoms. The van der Waals surface area contributed by atoms with Gasteiger partial charge in [0.15, 0.2) is 5.71 Å². The van der Waals surface area contributed by atoms with Gasteiger partial charge in [-0.3, -0.25) is 0 Å². The van der Waals surface area contributed by atoms with Crippen molar-refractivity contribution in [1.29, 1.82) is 0 Å². The molecule has 0 fully saturated rings. The molecular formula is C35H40NO+. The fourth-order valence-electron chi connectivity index (χ4n) is 4.27. The van der Waals surface area contributed by atoms with E-state index in [4.69, 9.17) is 4.74 Å². The number of rotatable bonds is 3. The SMILES string of the molecule is C[N+](C)=C1C=CC(=CC=C2C=C(c3ccc(C(C)(C)C)cc3)C=C(c3ccc(C(C)(C)C)cc3)O2)C=C1. The number of benzene rings is 2. The Balaban J connectivity index is 1.71. The number of hydrogen-bond acceptors (Lipinski definition) is 1. The second-order valence-corrected chi connectivity index (χ2v) is 12.1. The van der Waals surface area contributed by atoms with Gasteiger partial charge in [0.2, 0.25) is 0 Å². The lowest BCUT2D eigenvalue weighted by molar-refractivity contribution is -0.462. The van der Waals surface area contributed by atoms with Gasteiger partial charge in [-0.2, -0.15) is 0 Å². The number of nitrogens with zero attached hydrogens (tertiary/aromatic N) is 1. The van der Waals surface area contributed by atoms with Crippen LogP contribution in [0.2, 0.25) is 0 Å². The summed E-state index contributed by atoms with van der Waals surface area (Å²) in [6.07, 6.45) is 17.0. The molecule has 4 rings (SSSR count). The first kappa shape index (κ1) is 26.4. The zero-order valence-electron chi connectivity index (χ0n) is 23.6. The fourth-order valence-corrected chi connectivity index (χ4v) is 4.27. The summed E-state index contributed by atoms with van der Waals surface area (Å²) >= 11 is 0. The van der Waals surface area contributed by atoms with Gasteiger partial charge in [-0.1, -0.05) is 96.1 Å². The molecule has 2 aromatic carbocycles. The van der Waals surface area contributed by atoms with Gasteiger partial charge >= 0.3 is 0 Å². The highest BCUT2D eigenvalue weighted by atomic mass is 16.5. The van der Waals surface area contributed by atoms with Gasteiger partial charge in [0.05, 0.1) is 0 Å². The van der Waals surface area contributed by atoms with Crippen LogP contribution in [0.1, 0.15) is 63.8 Å². The first-order valence-electron chi connectivity index (χ1n) is 13.1. The van der Waals surface area contributed by atoms with Crippen LogP contribution in [-0.4, -0.2) is 24.4 Å². The Bertz CT molecular complexity index is 1350. The highest BCUT2D eigenvalue weighted by Gasteiger charge is 2.18. The molecule has 2 aromatic rings. The summed E-state index contributed by atoms with van der Waals surface area (Å²) in [5.41, 5.74) is 8.60. The summed E-state index contributed by atoms with van der Waals surface area (Å²) in [4.78, 5) is 0. The molecule has 37 heavy (non-hydrogen) atoms. The molecule has 1 aliphatic heterocycles. The standard InChI is InChI=1S/C35H40NO/c1-34(2,3)29-16-12-26(13-17-29)28-23-32(22-11-25-9-20-31(21-10-25)36(7)8)37-33(24-28)27-14-18-30(19-15-27)35(4,5)6/h9-24H,1-8H3/q+1. The normalized spacial score (nSPS) is 16.9. The van der Waals surface area contributed by atoms with Crippen molar-refractivity contribution in [2.24, 2.45) is 0 Å². The maximum absolute atomic E-state index is 6.42. The fraction of sp³-hybridized carbons (Fsp3) is 0.286. The van der Waals surface area contributed by atoms with E-state index in [2.05, 4.69) is 157 Å². The number of allylic oxidation sites excluding steroid dienone is 10. The Hall–Kier alpha value is -3.65. The van der Waals surface area contributed by atoms with Gasteiger partial charge < -0.3 is 4.74 Å². The van der Waals surface area contributed by atoms with Gasteiger partial charge in [-0.05, 0) is 69.0 Å². The second-order valence-electron chi connectivity index (χ2n) is 12.1. The van der Waals surface area contributed by atoms with E-state index in [1.54, 1.807) is 0 Å². The first-order valence-corrected chi connectivity index (χ1v) is 13.1. The minimum Gasteiger partial charge on any atom is -0.457 e. The molecular weight excluding hydrogens is 450 g/mol. The molecule has 1 aliphatic carbocycles. The van der Waals surface area contributed by atoms with Gasteiger partial charge in [0, 0.05) is 17.7 Å². The molecule has 2 aliphatic rings. The summed E-state index contributed by atoms with van der Waals surface area (Å²) in [6, 6.07) is 17.7. The second kappa shape index (κ2) is 10.4. The van der Waals surface area contributed by atoms with Gasteiger partial charge in [0.1, 0.15) is 25.6 Å². The summed E-state index contributed by atoms with van der Waals surface area (Å²) in [7, 11) is 4.11. The van der Waals surface area contributed by atoms with Gasteiger partial charge in [0.25, 0.3) is 0 Å². The van der Waals surface area contributed by atoms with E-state index >= 15 is 0 Å². The zero-order chi connectivity index (χ0) is 26.8. The molecule has 0 spiro atoms. The van der Waals surface area contributed by atoms with E-state index in [0.29, 0.717) is 0 Å². The number of ether oxygens (including phenoxy) is 1. The first-order chi connectivity index (χ1) is 17.4. The molecule has 0 unspecified atom stereocenters. The van der Waals surface area contributed by atoms with Crippen LogP contribution in [-0.2, 0) is 15.6 Å². The minimum absolute atomic E-state index is 0.113. The maximum atomic E-state index is 6.42. The van der Waals surface area contributed by atoms with Crippen LogP contribution in [0.4, 0.5) is 0 Å². The van der Waals surface area contributed by atoms with E-state index in [9.17, 15) is 0 Å². The molecule has 190 valence electrons. The molecule has 0 saturated carbocycles. The monoisotopic (exact) mass is 490 g/mol. The van der Waals surface area contributed by atoms with Crippen molar-refractivity contribution >= 4 is 17.0 Å². The van der Waals surface area contributed by atoms with E-state index in [1.807, 2.05) is 0 Å². The van der Waals surface area contributed by atoms with E-state index < -0.39 is 0 Å². The zero-order valence-corrected chi connectivity index (χ0v) is 23.6. The van der Waals surface area contributed by atoms with Crippen molar-refractivity contribution in [1.82, 2.24) is 0 Å². The van der Waals surface area contributed by atoms with Crippen molar-refractivity contribution in [3.05, 3.63) is 131 Å². The molecule has 0 aromatic heterocycles. The van der Waals surface area contributed by atoms with Crippen LogP contribution in [0.25, 0.3) is 11.3 Å². The summed E-state index contributed by atoms with van der Waals surface area (Å²) in [5.74, 6) is 1.68. The lowest BCUT2D eigenvalue weighted by atomic mass is 9.86. The van der Waals surface area contributed by atoms with Crippen LogP contribution in [0.5, 0.6) is 0 Å². The highest BCUT2D eigenvalue weighted by molar-refractivity contribution is 6.02. The summed E-state index contributed by atoms with van der Waals surface area (Å²) in [5, 5.41) is 0. The molecule has 0 amide bonds. The lowest BCUT2D eigenvalue weighted by Gasteiger charge is -2.22. The quantitative estimate of drug-likeness (QED) is 0.394. The van der Waals surface area contributed by atoms with Crippen molar-refractivity contribution in [2.75, 3.05) is 14.1 Å². The van der Waals surface area contributed by atoms with Crippen LogP contribution in [0.15, 0.2) is 108 Å². The Morgan fingerprint density at radius 2 is 1.14 bits per heavy atom. The van der Waals surface area contributed by atoms with Crippen molar-refractivity contribution in [2.45, 2.75) is 52.4 Å². The molecule has 1 heterocycles. The topological polar surface area (TPSA) is 12.2 Å². The third kappa shape index (κ3) is 6.57. The average molecular weight is 491 g/mol. The third-order valence-electron chi connectivity index (χ3n) is 6.78. The predicted octanol–water partition coefficient (Wildman–Crippen LogP) is 8.39.